The Kier molecular flexibility index (Phi) is 5.26. The van der Waals surface area contributed by atoms with E-state index in [-0.39, 0.29) is 0 Å². The lowest BCUT2D eigenvalue weighted by Gasteiger charge is -2.23. The molecule has 0 aliphatic heterocycles. The van der Waals surface area contributed by atoms with Crippen molar-refractivity contribution in [3.05, 3.63) is 28.5 Å². The second-order valence-corrected chi connectivity index (χ2v) is 4.68. The van der Waals surface area contributed by atoms with Crippen LogP contribution in [0.15, 0.2) is 22.8 Å². The Morgan fingerprint density at radius 2 is 2.13 bits per heavy atom. The SMILES string of the molecule is CCNC(CC)C(C)c1ccc(Br)cn1. The number of halogens is 1. The fraction of sp³-hybridized carbons (Fsp3) is 0.583. The summed E-state index contributed by atoms with van der Waals surface area (Å²) >= 11 is 3.40. The Bertz CT molecular complexity index is 284. The third-order valence-corrected chi connectivity index (χ3v) is 3.20. The molecule has 1 N–H and O–H groups in total. The first kappa shape index (κ1) is 12.7. The number of hydrogen-bond donors (Lipinski definition) is 1. The third kappa shape index (κ3) is 3.58. The van der Waals surface area contributed by atoms with Gasteiger partial charge in [-0.25, -0.2) is 0 Å². The average Bonchev–Trinajstić information content (AvgIpc) is 2.26. The molecule has 0 saturated heterocycles. The maximum Gasteiger partial charge on any atom is 0.0448 e. The van der Waals surface area contributed by atoms with Crippen molar-refractivity contribution in [2.45, 2.75) is 39.2 Å². The van der Waals surface area contributed by atoms with Crippen molar-refractivity contribution in [2.24, 2.45) is 0 Å². The summed E-state index contributed by atoms with van der Waals surface area (Å²) in [6.45, 7) is 7.60. The Balaban J connectivity index is 2.73. The summed E-state index contributed by atoms with van der Waals surface area (Å²) in [4.78, 5) is 4.44. The van der Waals surface area contributed by atoms with E-state index in [1.54, 1.807) is 0 Å². The van der Waals surface area contributed by atoms with E-state index in [9.17, 15) is 0 Å². The van der Waals surface area contributed by atoms with Gasteiger partial charge < -0.3 is 5.32 Å². The number of hydrogen-bond acceptors (Lipinski definition) is 2. The summed E-state index contributed by atoms with van der Waals surface area (Å²) < 4.78 is 1.04. The zero-order valence-corrected chi connectivity index (χ0v) is 11.2. The molecule has 2 nitrogen and oxygen atoms in total. The topological polar surface area (TPSA) is 24.9 Å². The molecule has 2 unspecified atom stereocenters. The first-order valence-corrected chi connectivity index (χ1v) is 6.33. The Morgan fingerprint density at radius 3 is 2.60 bits per heavy atom. The lowest BCUT2D eigenvalue weighted by atomic mass is 9.95. The van der Waals surface area contributed by atoms with Crippen LogP contribution in [0.4, 0.5) is 0 Å². The van der Waals surface area contributed by atoms with Crippen molar-refractivity contribution in [1.29, 1.82) is 0 Å². The van der Waals surface area contributed by atoms with Crippen LogP contribution in [-0.4, -0.2) is 17.6 Å². The van der Waals surface area contributed by atoms with Crippen LogP contribution in [0.5, 0.6) is 0 Å². The van der Waals surface area contributed by atoms with E-state index >= 15 is 0 Å². The molecule has 1 heterocycles. The molecule has 84 valence electrons. The molecule has 0 amide bonds. The monoisotopic (exact) mass is 270 g/mol. The van der Waals surface area contributed by atoms with E-state index in [0.717, 1.165) is 23.1 Å². The Morgan fingerprint density at radius 1 is 1.40 bits per heavy atom. The summed E-state index contributed by atoms with van der Waals surface area (Å²) in [5, 5.41) is 3.49. The quantitative estimate of drug-likeness (QED) is 0.888. The molecule has 0 aliphatic rings. The maximum absolute atomic E-state index is 4.44. The number of aromatic nitrogens is 1. The molecule has 0 bridgehead atoms. The van der Waals surface area contributed by atoms with Gasteiger partial charge in [0.15, 0.2) is 0 Å². The van der Waals surface area contributed by atoms with Gasteiger partial charge in [0.2, 0.25) is 0 Å². The standard InChI is InChI=1S/C12H19BrN2/c1-4-11(14-5-2)9(3)12-7-6-10(13)8-15-12/h6-9,11,14H,4-5H2,1-3H3. The van der Waals surface area contributed by atoms with Crippen LogP contribution in [0, 0.1) is 0 Å². The summed E-state index contributed by atoms with van der Waals surface area (Å²) in [5.74, 6) is 0.461. The van der Waals surface area contributed by atoms with Gasteiger partial charge in [0.05, 0.1) is 0 Å². The highest BCUT2D eigenvalue weighted by Crippen LogP contribution is 2.20. The molecule has 3 heteroatoms. The molecule has 0 fully saturated rings. The van der Waals surface area contributed by atoms with Gasteiger partial charge in [0, 0.05) is 28.3 Å². The van der Waals surface area contributed by atoms with Gasteiger partial charge in [0.1, 0.15) is 0 Å². The van der Waals surface area contributed by atoms with Gasteiger partial charge in [-0.05, 0) is 41.0 Å². The molecule has 1 aromatic heterocycles. The number of nitrogens with one attached hydrogen (secondary N) is 1. The van der Waals surface area contributed by atoms with Crippen molar-refractivity contribution < 1.29 is 0 Å². The summed E-state index contributed by atoms with van der Waals surface area (Å²) in [6.07, 6.45) is 3.00. The minimum atomic E-state index is 0.461. The summed E-state index contributed by atoms with van der Waals surface area (Å²) in [5.41, 5.74) is 1.16. The normalized spacial score (nSPS) is 14.9. The van der Waals surface area contributed by atoms with Gasteiger partial charge in [-0.15, -0.1) is 0 Å². The van der Waals surface area contributed by atoms with E-state index in [1.165, 1.54) is 0 Å². The molecule has 1 rings (SSSR count). The number of nitrogens with zero attached hydrogens (tertiary/aromatic N) is 1. The highest BCUT2D eigenvalue weighted by atomic mass is 79.9. The lowest BCUT2D eigenvalue weighted by Crippen LogP contribution is -2.33. The van der Waals surface area contributed by atoms with E-state index in [4.69, 9.17) is 0 Å². The Hall–Kier alpha value is -0.410. The molecule has 1 aromatic rings. The molecular formula is C12H19BrN2. The number of rotatable bonds is 5. The van der Waals surface area contributed by atoms with Crippen LogP contribution in [0.3, 0.4) is 0 Å². The van der Waals surface area contributed by atoms with Crippen LogP contribution < -0.4 is 5.32 Å². The average molecular weight is 271 g/mol. The molecule has 0 radical (unpaired) electrons. The van der Waals surface area contributed by atoms with Crippen molar-refractivity contribution in [3.8, 4) is 0 Å². The van der Waals surface area contributed by atoms with Gasteiger partial charge in [-0.3, -0.25) is 4.98 Å². The van der Waals surface area contributed by atoms with Crippen molar-refractivity contribution in [1.82, 2.24) is 10.3 Å². The molecule has 0 aliphatic carbocycles. The zero-order chi connectivity index (χ0) is 11.3. The molecule has 2 atom stereocenters. The van der Waals surface area contributed by atoms with Gasteiger partial charge >= 0.3 is 0 Å². The summed E-state index contributed by atoms with van der Waals surface area (Å²) in [7, 11) is 0. The number of likely N-dealkylation sites (N-methyl/N-ethyl adjacent to an activating group) is 1. The molecule has 15 heavy (non-hydrogen) atoms. The fourth-order valence-electron chi connectivity index (χ4n) is 1.80. The minimum Gasteiger partial charge on any atom is -0.314 e. The fourth-order valence-corrected chi connectivity index (χ4v) is 2.03. The lowest BCUT2D eigenvalue weighted by molar-refractivity contribution is 0.442. The second kappa shape index (κ2) is 6.23. The van der Waals surface area contributed by atoms with Crippen LogP contribution in [-0.2, 0) is 0 Å². The largest absolute Gasteiger partial charge is 0.314 e. The van der Waals surface area contributed by atoms with Gasteiger partial charge in [0.25, 0.3) is 0 Å². The van der Waals surface area contributed by atoms with E-state index in [0.29, 0.717) is 12.0 Å². The predicted octanol–water partition coefficient (Wildman–Crippen LogP) is 3.34. The molecule has 0 aromatic carbocycles. The van der Waals surface area contributed by atoms with Crippen LogP contribution in [0.25, 0.3) is 0 Å². The molecule has 0 spiro atoms. The highest BCUT2D eigenvalue weighted by Gasteiger charge is 2.16. The first-order chi connectivity index (χ1) is 7.19. The van der Waals surface area contributed by atoms with Crippen molar-refractivity contribution >= 4 is 15.9 Å². The van der Waals surface area contributed by atoms with E-state index in [2.05, 4.69) is 59.1 Å². The zero-order valence-electron chi connectivity index (χ0n) is 9.63. The third-order valence-electron chi connectivity index (χ3n) is 2.73. The van der Waals surface area contributed by atoms with Crippen molar-refractivity contribution in [3.63, 3.8) is 0 Å². The first-order valence-electron chi connectivity index (χ1n) is 5.53. The van der Waals surface area contributed by atoms with E-state index in [1.807, 2.05) is 6.20 Å². The smallest absolute Gasteiger partial charge is 0.0448 e. The predicted molar refractivity (Wildman–Crippen MR) is 68.1 cm³/mol. The number of pyridine rings is 1. The maximum atomic E-state index is 4.44. The van der Waals surface area contributed by atoms with Crippen LogP contribution >= 0.6 is 15.9 Å². The van der Waals surface area contributed by atoms with Crippen LogP contribution in [0.2, 0.25) is 0 Å². The van der Waals surface area contributed by atoms with Crippen molar-refractivity contribution in [2.75, 3.05) is 6.54 Å². The molecular weight excluding hydrogens is 252 g/mol. The van der Waals surface area contributed by atoms with Crippen LogP contribution in [0.1, 0.15) is 38.8 Å². The Labute approximate surface area is 101 Å². The van der Waals surface area contributed by atoms with Gasteiger partial charge in [-0.1, -0.05) is 20.8 Å². The highest BCUT2D eigenvalue weighted by molar-refractivity contribution is 9.10. The van der Waals surface area contributed by atoms with E-state index < -0.39 is 0 Å². The molecule has 0 saturated carbocycles. The second-order valence-electron chi connectivity index (χ2n) is 3.76. The minimum absolute atomic E-state index is 0.461. The van der Waals surface area contributed by atoms with Gasteiger partial charge in [-0.2, -0.15) is 0 Å². The summed E-state index contributed by atoms with van der Waals surface area (Å²) in [6, 6.07) is 4.66.